The van der Waals surface area contributed by atoms with Gasteiger partial charge in [-0.05, 0) is 53.5 Å². The Morgan fingerprint density at radius 1 is 0.974 bits per heavy atom. The molecule has 1 atom stereocenters. The van der Waals surface area contributed by atoms with Gasteiger partial charge in [0.15, 0.2) is 23.0 Å². The van der Waals surface area contributed by atoms with E-state index in [1.54, 1.807) is 25.2 Å². The Morgan fingerprint density at radius 2 is 1.66 bits per heavy atom. The maximum atomic E-state index is 13.4. The monoisotopic (exact) mass is 512 g/mol. The average Bonchev–Trinajstić information content (AvgIpc) is 3.20. The highest BCUT2D eigenvalue weighted by Crippen LogP contribution is 2.39. The fourth-order valence-corrected chi connectivity index (χ4v) is 4.55. The number of ketones is 1. The van der Waals surface area contributed by atoms with Crippen LogP contribution in [0, 0.1) is 0 Å². The van der Waals surface area contributed by atoms with Gasteiger partial charge in [-0.1, -0.05) is 54.6 Å². The van der Waals surface area contributed by atoms with Gasteiger partial charge < -0.3 is 24.4 Å². The van der Waals surface area contributed by atoms with Crippen molar-refractivity contribution in [2.45, 2.75) is 12.5 Å². The number of benzene rings is 3. The molecule has 1 N–H and O–H groups in total. The van der Waals surface area contributed by atoms with Crippen molar-refractivity contribution in [1.82, 2.24) is 4.90 Å². The Bertz CT molecular complexity index is 1360. The quantitative estimate of drug-likeness (QED) is 0.386. The molecule has 38 heavy (non-hydrogen) atoms. The molecule has 0 fully saturated rings. The lowest BCUT2D eigenvalue weighted by Gasteiger charge is -2.27. The van der Waals surface area contributed by atoms with E-state index in [0.29, 0.717) is 17.9 Å². The van der Waals surface area contributed by atoms with E-state index in [-0.39, 0.29) is 12.1 Å². The number of carbonyl (C=O) groups excluding carboxylic acids is 2. The van der Waals surface area contributed by atoms with Crippen molar-refractivity contribution in [1.29, 1.82) is 0 Å². The van der Waals surface area contributed by atoms with E-state index in [4.69, 9.17) is 9.47 Å². The van der Waals surface area contributed by atoms with Gasteiger partial charge in [-0.3, -0.25) is 9.59 Å². The van der Waals surface area contributed by atoms with Crippen LogP contribution in [0.1, 0.15) is 22.7 Å². The molecular weight excluding hydrogens is 480 g/mol. The van der Waals surface area contributed by atoms with Gasteiger partial charge in [-0.15, -0.1) is 0 Å². The summed E-state index contributed by atoms with van der Waals surface area (Å²) in [5, 5.41) is 10.9. The molecular formula is C31H32N2O5. The van der Waals surface area contributed by atoms with Crippen molar-refractivity contribution in [3.8, 4) is 11.5 Å². The molecule has 0 aromatic heterocycles. The molecule has 0 aliphatic carbocycles. The SMILES string of the molecule is COc1ccc(CCN2C(=O)C(O)=C(C(=O)/C=C/c3ccccc3)C2c2ccc(N(C)C)cc2)cc1OC. The van der Waals surface area contributed by atoms with E-state index in [0.717, 1.165) is 22.4 Å². The molecule has 7 nitrogen and oxygen atoms in total. The van der Waals surface area contributed by atoms with E-state index < -0.39 is 23.5 Å². The van der Waals surface area contributed by atoms with E-state index in [1.165, 1.54) is 6.08 Å². The third kappa shape index (κ3) is 5.57. The predicted molar refractivity (Wildman–Crippen MR) is 149 cm³/mol. The summed E-state index contributed by atoms with van der Waals surface area (Å²) >= 11 is 0. The minimum atomic E-state index is -0.716. The number of allylic oxidation sites excluding steroid dienone is 1. The molecule has 1 amide bonds. The van der Waals surface area contributed by atoms with Gasteiger partial charge in [0.05, 0.1) is 25.8 Å². The molecule has 0 spiro atoms. The van der Waals surface area contributed by atoms with Crippen LogP contribution in [-0.4, -0.2) is 56.6 Å². The minimum Gasteiger partial charge on any atom is -0.503 e. The molecule has 0 bridgehead atoms. The van der Waals surface area contributed by atoms with Gasteiger partial charge in [0, 0.05) is 26.3 Å². The Kier molecular flexibility index (Phi) is 8.16. The number of anilines is 1. The zero-order chi connectivity index (χ0) is 27.2. The second-order valence-electron chi connectivity index (χ2n) is 9.20. The van der Waals surface area contributed by atoms with Crippen LogP contribution in [0.15, 0.2) is 90.2 Å². The van der Waals surface area contributed by atoms with Crippen molar-refractivity contribution in [3.63, 3.8) is 0 Å². The van der Waals surface area contributed by atoms with Gasteiger partial charge in [0.1, 0.15) is 0 Å². The number of methoxy groups -OCH3 is 2. The van der Waals surface area contributed by atoms with Crippen molar-refractivity contribution >= 4 is 23.5 Å². The van der Waals surface area contributed by atoms with Gasteiger partial charge in [-0.2, -0.15) is 0 Å². The van der Waals surface area contributed by atoms with Crippen molar-refractivity contribution in [2.75, 3.05) is 39.8 Å². The number of aliphatic hydroxyl groups excluding tert-OH is 1. The summed E-state index contributed by atoms with van der Waals surface area (Å²) in [5.41, 5.74) is 3.59. The summed E-state index contributed by atoms with van der Waals surface area (Å²) in [4.78, 5) is 30.2. The summed E-state index contributed by atoms with van der Waals surface area (Å²) in [6.45, 7) is 0.289. The molecule has 3 aromatic rings. The fourth-order valence-electron chi connectivity index (χ4n) is 4.55. The Morgan fingerprint density at radius 3 is 2.29 bits per heavy atom. The summed E-state index contributed by atoms with van der Waals surface area (Å²) in [5.74, 6) is -0.276. The third-order valence-electron chi connectivity index (χ3n) is 6.61. The van der Waals surface area contributed by atoms with Crippen LogP contribution in [0.2, 0.25) is 0 Å². The molecule has 1 aliphatic rings. The summed E-state index contributed by atoms with van der Waals surface area (Å²) in [6.07, 6.45) is 3.59. The molecule has 0 saturated heterocycles. The summed E-state index contributed by atoms with van der Waals surface area (Å²) in [7, 11) is 7.03. The Balaban J connectivity index is 1.66. The number of carbonyl (C=O) groups is 2. The lowest BCUT2D eigenvalue weighted by Crippen LogP contribution is -2.33. The van der Waals surface area contributed by atoms with E-state index in [9.17, 15) is 14.7 Å². The second kappa shape index (κ2) is 11.7. The zero-order valence-electron chi connectivity index (χ0n) is 22.0. The normalized spacial score (nSPS) is 15.3. The predicted octanol–water partition coefficient (Wildman–Crippen LogP) is 4.99. The third-order valence-corrected chi connectivity index (χ3v) is 6.61. The van der Waals surface area contributed by atoms with E-state index in [2.05, 4.69) is 0 Å². The number of rotatable bonds is 10. The van der Waals surface area contributed by atoms with Gasteiger partial charge >= 0.3 is 0 Å². The maximum absolute atomic E-state index is 13.4. The average molecular weight is 513 g/mol. The number of hydrogen-bond acceptors (Lipinski definition) is 6. The molecule has 0 radical (unpaired) electrons. The molecule has 3 aromatic carbocycles. The van der Waals surface area contributed by atoms with Crippen LogP contribution in [-0.2, 0) is 16.0 Å². The topological polar surface area (TPSA) is 79.3 Å². The van der Waals surface area contributed by atoms with Crippen molar-refractivity contribution in [2.24, 2.45) is 0 Å². The smallest absolute Gasteiger partial charge is 0.290 e. The molecule has 4 rings (SSSR count). The minimum absolute atomic E-state index is 0.0760. The van der Waals surface area contributed by atoms with Crippen LogP contribution in [0.4, 0.5) is 5.69 Å². The van der Waals surface area contributed by atoms with E-state index in [1.807, 2.05) is 91.8 Å². The number of nitrogens with zero attached hydrogens (tertiary/aromatic N) is 2. The second-order valence-corrected chi connectivity index (χ2v) is 9.20. The lowest BCUT2D eigenvalue weighted by atomic mass is 9.95. The summed E-state index contributed by atoms with van der Waals surface area (Å²) < 4.78 is 10.7. The first-order chi connectivity index (χ1) is 18.3. The highest BCUT2D eigenvalue weighted by molar-refractivity contribution is 6.14. The molecule has 7 heteroatoms. The van der Waals surface area contributed by atoms with Crippen LogP contribution in [0.25, 0.3) is 6.08 Å². The number of hydrogen-bond donors (Lipinski definition) is 1. The van der Waals surface area contributed by atoms with Crippen molar-refractivity contribution in [3.05, 3.63) is 107 Å². The maximum Gasteiger partial charge on any atom is 0.290 e. The Labute approximate surface area is 223 Å². The number of aliphatic hydroxyl groups is 1. The van der Waals surface area contributed by atoms with Gasteiger partial charge in [-0.25, -0.2) is 0 Å². The fraction of sp³-hybridized carbons (Fsp3) is 0.226. The number of ether oxygens (including phenoxy) is 2. The van der Waals surface area contributed by atoms with Crippen LogP contribution in [0.3, 0.4) is 0 Å². The van der Waals surface area contributed by atoms with Gasteiger partial charge in [0.2, 0.25) is 0 Å². The molecule has 196 valence electrons. The molecule has 1 aliphatic heterocycles. The zero-order valence-corrected chi connectivity index (χ0v) is 22.0. The molecule has 1 unspecified atom stereocenters. The van der Waals surface area contributed by atoms with E-state index >= 15 is 0 Å². The largest absolute Gasteiger partial charge is 0.503 e. The van der Waals surface area contributed by atoms with Crippen LogP contribution >= 0.6 is 0 Å². The Hall–Kier alpha value is -4.52. The first-order valence-corrected chi connectivity index (χ1v) is 12.3. The van der Waals surface area contributed by atoms with Crippen LogP contribution < -0.4 is 14.4 Å². The lowest BCUT2D eigenvalue weighted by molar-refractivity contribution is -0.129. The number of amides is 1. The molecule has 0 saturated carbocycles. The first kappa shape index (κ1) is 26.5. The molecule has 1 heterocycles. The summed E-state index contributed by atoms with van der Waals surface area (Å²) in [6, 6.07) is 21.9. The highest BCUT2D eigenvalue weighted by atomic mass is 16.5. The highest BCUT2D eigenvalue weighted by Gasteiger charge is 2.42. The van der Waals surface area contributed by atoms with Gasteiger partial charge in [0.25, 0.3) is 5.91 Å². The van der Waals surface area contributed by atoms with Crippen LogP contribution in [0.5, 0.6) is 11.5 Å². The van der Waals surface area contributed by atoms with Crippen molar-refractivity contribution < 1.29 is 24.2 Å². The first-order valence-electron chi connectivity index (χ1n) is 12.3. The standard InChI is InChI=1S/C31H32N2O5/c1-32(2)24-14-12-23(13-15-24)29-28(25(34)16-10-21-8-6-5-7-9-21)30(35)31(36)33(29)19-18-22-11-17-26(37-3)27(20-22)38-4/h5-17,20,29,35H,18-19H2,1-4H3/b16-10+.